The summed E-state index contributed by atoms with van der Waals surface area (Å²) in [6, 6.07) is 0. The predicted octanol–water partition coefficient (Wildman–Crippen LogP) is 1.87. The number of rotatable bonds is 1. The van der Waals surface area contributed by atoms with Crippen LogP contribution in [0.4, 0.5) is 0 Å². The van der Waals surface area contributed by atoms with Crippen molar-refractivity contribution in [2.45, 2.75) is 57.5 Å². The molecule has 1 aromatic heterocycles. The molecule has 0 saturated heterocycles. The molecule has 1 aliphatic heterocycles. The summed E-state index contributed by atoms with van der Waals surface area (Å²) < 4.78 is 2.39. The second-order valence-electron chi connectivity index (χ2n) is 5.21. The van der Waals surface area contributed by atoms with Crippen molar-refractivity contribution < 1.29 is 0 Å². The lowest BCUT2D eigenvalue weighted by atomic mass is 9.86. The van der Waals surface area contributed by atoms with Crippen LogP contribution >= 0.6 is 0 Å². The zero-order chi connectivity index (χ0) is 10.6. The van der Waals surface area contributed by atoms with Gasteiger partial charge in [0.2, 0.25) is 0 Å². The Kier molecular flexibility index (Phi) is 1.78. The zero-order valence-corrected chi connectivity index (χ0v) is 9.58. The third-order valence-corrected chi connectivity index (χ3v) is 4.11. The lowest BCUT2D eigenvalue weighted by Gasteiger charge is -2.30. The van der Waals surface area contributed by atoms with E-state index in [-0.39, 0.29) is 5.54 Å². The molecule has 0 spiro atoms. The van der Waals surface area contributed by atoms with Crippen molar-refractivity contribution in [1.82, 2.24) is 9.55 Å². The van der Waals surface area contributed by atoms with Crippen molar-refractivity contribution in [3.8, 4) is 0 Å². The van der Waals surface area contributed by atoms with Crippen LogP contribution in [0.2, 0.25) is 0 Å². The number of imidazole rings is 1. The predicted molar refractivity (Wildman–Crippen MR) is 59.8 cm³/mol. The molecule has 1 saturated carbocycles. The van der Waals surface area contributed by atoms with Crippen LogP contribution in [0.15, 0.2) is 0 Å². The van der Waals surface area contributed by atoms with E-state index in [1.165, 1.54) is 37.1 Å². The van der Waals surface area contributed by atoms with Crippen molar-refractivity contribution in [2.24, 2.45) is 5.73 Å². The Labute approximate surface area is 90.7 Å². The number of fused-ring (bicyclic) bond motifs is 1. The Balaban J connectivity index is 2.09. The Morgan fingerprint density at radius 2 is 2.13 bits per heavy atom. The van der Waals surface area contributed by atoms with E-state index < -0.39 is 0 Å². The zero-order valence-electron chi connectivity index (χ0n) is 9.58. The second kappa shape index (κ2) is 2.85. The van der Waals surface area contributed by atoms with Crippen molar-refractivity contribution in [3.05, 3.63) is 17.2 Å². The van der Waals surface area contributed by atoms with Crippen LogP contribution in [0.1, 0.15) is 48.8 Å². The summed E-state index contributed by atoms with van der Waals surface area (Å²) in [4.78, 5) is 4.59. The van der Waals surface area contributed by atoms with E-state index in [0.29, 0.717) is 5.92 Å². The highest BCUT2D eigenvalue weighted by atomic mass is 15.1. The Hall–Kier alpha value is -0.830. The van der Waals surface area contributed by atoms with E-state index in [0.717, 1.165) is 12.4 Å². The number of aromatic nitrogens is 2. The highest BCUT2D eigenvalue weighted by molar-refractivity contribution is 5.29. The van der Waals surface area contributed by atoms with Gasteiger partial charge in [-0.15, -0.1) is 0 Å². The summed E-state index contributed by atoms with van der Waals surface area (Å²) in [7, 11) is 0. The molecule has 1 aromatic rings. The number of nitrogens with zero attached hydrogens (tertiary/aromatic N) is 2. The molecule has 1 aliphatic carbocycles. The van der Waals surface area contributed by atoms with Gasteiger partial charge in [-0.3, -0.25) is 0 Å². The maximum absolute atomic E-state index is 6.37. The summed E-state index contributed by atoms with van der Waals surface area (Å²) in [6.07, 6.45) is 4.90. The van der Waals surface area contributed by atoms with Crippen molar-refractivity contribution in [3.63, 3.8) is 0 Å². The van der Waals surface area contributed by atoms with E-state index in [9.17, 15) is 0 Å². The largest absolute Gasteiger partial charge is 0.332 e. The number of nitrogens with two attached hydrogens (primary N) is 1. The standard InChI is InChI=1S/C12H19N3/c1-8-11-10(12(13)5-6-12)4-3-7-15(11)9(2)14-8/h10H,3-7,13H2,1-2H3. The average molecular weight is 205 g/mol. The van der Waals surface area contributed by atoms with Gasteiger partial charge in [0.05, 0.1) is 5.69 Å². The number of hydrogen-bond donors (Lipinski definition) is 1. The SMILES string of the molecule is Cc1nc(C)n2c1C(C1(N)CC1)CCC2. The molecule has 1 fully saturated rings. The third-order valence-electron chi connectivity index (χ3n) is 4.11. The quantitative estimate of drug-likeness (QED) is 0.760. The minimum absolute atomic E-state index is 0.107. The van der Waals surface area contributed by atoms with E-state index in [1.54, 1.807) is 0 Å². The van der Waals surface area contributed by atoms with Gasteiger partial charge in [-0.25, -0.2) is 4.98 Å². The molecule has 2 N–H and O–H groups in total. The van der Waals surface area contributed by atoms with Crippen LogP contribution in [-0.2, 0) is 6.54 Å². The van der Waals surface area contributed by atoms with Gasteiger partial charge >= 0.3 is 0 Å². The molecule has 3 heteroatoms. The lowest BCUT2D eigenvalue weighted by Crippen LogP contribution is -2.35. The van der Waals surface area contributed by atoms with E-state index in [2.05, 4.69) is 23.4 Å². The summed E-state index contributed by atoms with van der Waals surface area (Å²) in [5.41, 5.74) is 9.11. The van der Waals surface area contributed by atoms with Gasteiger partial charge in [-0.1, -0.05) is 0 Å². The molecular weight excluding hydrogens is 186 g/mol. The fourth-order valence-electron chi connectivity index (χ4n) is 3.10. The van der Waals surface area contributed by atoms with Gasteiger partial charge in [-0.2, -0.15) is 0 Å². The van der Waals surface area contributed by atoms with E-state index >= 15 is 0 Å². The topological polar surface area (TPSA) is 43.8 Å². The summed E-state index contributed by atoms with van der Waals surface area (Å²) in [6.45, 7) is 5.37. The summed E-state index contributed by atoms with van der Waals surface area (Å²) >= 11 is 0. The Morgan fingerprint density at radius 1 is 1.40 bits per heavy atom. The average Bonchev–Trinajstić information content (AvgIpc) is 2.89. The first-order valence-corrected chi connectivity index (χ1v) is 5.94. The molecule has 0 aromatic carbocycles. The van der Waals surface area contributed by atoms with Crippen molar-refractivity contribution in [1.29, 1.82) is 0 Å². The molecule has 2 heterocycles. The fourth-order valence-corrected chi connectivity index (χ4v) is 3.10. The minimum atomic E-state index is 0.107. The van der Waals surface area contributed by atoms with E-state index in [4.69, 9.17) is 5.73 Å². The van der Waals surface area contributed by atoms with E-state index in [1.807, 2.05) is 0 Å². The molecule has 82 valence electrons. The van der Waals surface area contributed by atoms with Crippen LogP contribution in [0.3, 0.4) is 0 Å². The van der Waals surface area contributed by atoms with Gasteiger partial charge in [0.1, 0.15) is 5.82 Å². The molecule has 1 unspecified atom stereocenters. The van der Waals surface area contributed by atoms with Crippen LogP contribution in [0.5, 0.6) is 0 Å². The minimum Gasteiger partial charge on any atom is -0.332 e. The van der Waals surface area contributed by atoms with Crippen LogP contribution in [0.25, 0.3) is 0 Å². The molecule has 0 amide bonds. The van der Waals surface area contributed by atoms with Crippen molar-refractivity contribution in [2.75, 3.05) is 0 Å². The second-order valence-corrected chi connectivity index (χ2v) is 5.21. The maximum Gasteiger partial charge on any atom is 0.106 e. The fraction of sp³-hybridized carbons (Fsp3) is 0.750. The van der Waals surface area contributed by atoms with Crippen LogP contribution in [-0.4, -0.2) is 15.1 Å². The molecule has 15 heavy (non-hydrogen) atoms. The molecule has 0 radical (unpaired) electrons. The third kappa shape index (κ3) is 1.26. The molecule has 2 aliphatic rings. The van der Waals surface area contributed by atoms with Crippen molar-refractivity contribution >= 4 is 0 Å². The summed E-state index contributed by atoms with van der Waals surface area (Å²) in [5, 5.41) is 0. The van der Waals surface area contributed by atoms with Gasteiger partial charge in [0.15, 0.2) is 0 Å². The summed E-state index contributed by atoms with van der Waals surface area (Å²) in [5.74, 6) is 1.73. The highest BCUT2D eigenvalue weighted by Gasteiger charge is 2.48. The van der Waals surface area contributed by atoms with Crippen LogP contribution in [0, 0.1) is 13.8 Å². The monoisotopic (exact) mass is 205 g/mol. The molecular formula is C12H19N3. The first kappa shape index (κ1) is 9.40. The maximum atomic E-state index is 6.37. The smallest absolute Gasteiger partial charge is 0.106 e. The lowest BCUT2D eigenvalue weighted by molar-refractivity contribution is 0.384. The Morgan fingerprint density at radius 3 is 2.80 bits per heavy atom. The Bertz CT molecular complexity index is 401. The number of aryl methyl sites for hydroxylation is 2. The van der Waals surface area contributed by atoms with Gasteiger partial charge in [0.25, 0.3) is 0 Å². The first-order chi connectivity index (χ1) is 7.12. The molecule has 1 atom stereocenters. The molecule has 3 rings (SSSR count). The van der Waals surface area contributed by atoms with Gasteiger partial charge < -0.3 is 10.3 Å². The van der Waals surface area contributed by atoms with Gasteiger partial charge in [0, 0.05) is 23.7 Å². The molecule has 3 nitrogen and oxygen atoms in total. The van der Waals surface area contributed by atoms with Crippen LogP contribution < -0.4 is 5.73 Å². The number of hydrogen-bond acceptors (Lipinski definition) is 2. The normalized spacial score (nSPS) is 27.5. The van der Waals surface area contributed by atoms with Gasteiger partial charge in [-0.05, 0) is 39.5 Å². The highest BCUT2D eigenvalue weighted by Crippen LogP contribution is 2.49. The first-order valence-electron chi connectivity index (χ1n) is 5.94. The molecule has 0 bridgehead atoms.